The molecule has 21 heavy (non-hydrogen) atoms. The maximum Gasteiger partial charge on any atom is 0.243 e. The molecule has 1 N–H and O–H groups in total. The first-order valence-corrected chi connectivity index (χ1v) is 8.34. The molecule has 0 aromatic heterocycles. The van der Waals surface area contributed by atoms with Gasteiger partial charge in [0.25, 0.3) is 0 Å². The van der Waals surface area contributed by atoms with E-state index in [1.807, 2.05) is 6.92 Å². The third kappa shape index (κ3) is 4.30. The van der Waals surface area contributed by atoms with Crippen molar-refractivity contribution in [3.05, 3.63) is 36.4 Å². The maximum atomic E-state index is 12.8. The van der Waals surface area contributed by atoms with Gasteiger partial charge in [-0.2, -0.15) is 4.31 Å². The van der Waals surface area contributed by atoms with Crippen LogP contribution < -0.4 is 4.74 Å². The van der Waals surface area contributed by atoms with Crippen LogP contribution in [0.5, 0.6) is 5.75 Å². The third-order valence-electron chi connectivity index (χ3n) is 3.07. The zero-order chi connectivity index (χ0) is 15.9. The summed E-state index contributed by atoms with van der Waals surface area (Å²) in [6, 6.07) is 4.80. The Balaban J connectivity index is 3.30. The Morgan fingerprint density at radius 2 is 2.14 bits per heavy atom. The number of nitrogens with zero attached hydrogens (tertiary/aromatic N) is 1. The summed E-state index contributed by atoms with van der Waals surface area (Å²) in [6.45, 7) is 6.11. The van der Waals surface area contributed by atoms with Crippen molar-refractivity contribution in [2.45, 2.75) is 24.7 Å². The van der Waals surface area contributed by atoms with Crippen LogP contribution >= 0.6 is 0 Å². The van der Waals surface area contributed by atoms with Gasteiger partial charge in [0.2, 0.25) is 10.0 Å². The Bertz CT molecular complexity index is 569. The molecule has 0 spiro atoms. The Hall–Kier alpha value is -1.37. The number of ether oxygens (including phenoxy) is 1. The SMILES string of the molecule is C=CCN(CCC)S(=O)(=O)c1ccc(OC)cc1CCO. The first kappa shape index (κ1) is 17.7. The molecule has 0 saturated carbocycles. The summed E-state index contributed by atoms with van der Waals surface area (Å²) in [5.74, 6) is 0.572. The van der Waals surface area contributed by atoms with E-state index in [2.05, 4.69) is 6.58 Å². The first-order chi connectivity index (χ1) is 10.0. The van der Waals surface area contributed by atoms with Crippen molar-refractivity contribution in [3.8, 4) is 5.75 Å². The van der Waals surface area contributed by atoms with E-state index < -0.39 is 10.0 Å². The largest absolute Gasteiger partial charge is 0.497 e. The van der Waals surface area contributed by atoms with Crippen molar-refractivity contribution in [1.29, 1.82) is 0 Å². The number of aliphatic hydroxyl groups excluding tert-OH is 1. The lowest BCUT2D eigenvalue weighted by atomic mass is 10.1. The molecule has 5 nitrogen and oxygen atoms in total. The quantitative estimate of drug-likeness (QED) is 0.706. The lowest BCUT2D eigenvalue weighted by molar-refractivity contribution is 0.298. The van der Waals surface area contributed by atoms with Crippen LogP contribution in [0, 0.1) is 0 Å². The van der Waals surface area contributed by atoms with Crippen molar-refractivity contribution in [1.82, 2.24) is 4.31 Å². The Kier molecular flexibility index (Phi) is 6.87. The summed E-state index contributed by atoms with van der Waals surface area (Å²) in [6.07, 6.45) is 2.56. The van der Waals surface area contributed by atoms with Gasteiger partial charge in [0.15, 0.2) is 0 Å². The van der Waals surface area contributed by atoms with E-state index in [-0.39, 0.29) is 24.5 Å². The smallest absolute Gasteiger partial charge is 0.243 e. The van der Waals surface area contributed by atoms with Gasteiger partial charge in [0.1, 0.15) is 5.75 Å². The zero-order valence-electron chi connectivity index (χ0n) is 12.6. The normalized spacial score (nSPS) is 11.6. The highest BCUT2D eigenvalue weighted by molar-refractivity contribution is 7.89. The van der Waals surface area contributed by atoms with Gasteiger partial charge in [0, 0.05) is 19.7 Å². The molecule has 0 bridgehead atoms. The number of sulfonamides is 1. The van der Waals surface area contributed by atoms with Gasteiger partial charge in [-0.15, -0.1) is 6.58 Å². The van der Waals surface area contributed by atoms with Crippen molar-refractivity contribution in [3.63, 3.8) is 0 Å². The molecule has 6 heteroatoms. The van der Waals surface area contributed by atoms with E-state index in [1.54, 1.807) is 18.2 Å². The average Bonchev–Trinajstić information content (AvgIpc) is 2.47. The highest BCUT2D eigenvalue weighted by atomic mass is 32.2. The second-order valence-corrected chi connectivity index (χ2v) is 6.51. The van der Waals surface area contributed by atoms with E-state index in [9.17, 15) is 8.42 Å². The Morgan fingerprint density at radius 3 is 2.67 bits per heavy atom. The zero-order valence-corrected chi connectivity index (χ0v) is 13.4. The van der Waals surface area contributed by atoms with E-state index in [0.29, 0.717) is 17.9 Å². The van der Waals surface area contributed by atoms with Crippen LogP contribution in [0.25, 0.3) is 0 Å². The molecule has 1 aromatic rings. The van der Waals surface area contributed by atoms with Gasteiger partial charge in [-0.3, -0.25) is 0 Å². The lowest BCUT2D eigenvalue weighted by Gasteiger charge is -2.22. The van der Waals surface area contributed by atoms with E-state index in [1.165, 1.54) is 17.5 Å². The van der Waals surface area contributed by atoms with Crippen LogP contribution in [0.15, 0.2) is 35.7 Å². The third-order valence-corrected chi connectivity index (χ3v) is 5.04. The fourth-order valence-electron chi connectivity index (χ4n) is 2.09. The Labute approximate surface area is 126 Å². The molecule has 0 fully saturated rings. The molecule has 0 atom stereocenters. The summed E-state index contributed by atoms with van der Waals surface area (Å²) in [5, 5.41) is 9.15. The van der Waals surface area contributed by atoms with Gasteiger partial charge in [-0.25, -0.2) is 8.42 Å². The van der Waals surface area contributed by atoms with Crippen LogP contribution in [0.1, 0.15) is 18.9 Å². The highest BCUT2D eigenvalue weighted by Crippen LogP contribution is 2.25. The van der Waals surface area contributed by atoms with Gasteiger partial charge in [-0.05, 0) is 36.6 Å². The Morgan fingerprint density at radius 1 is 1.43 bits per heavy atom. The topological polar surface area (TPSA) is 66.8 Å². The molecular weight excluding hydrogens is 290 g/mol. The van der Waals surface area contributed by atoms with Gasteiger partial charge in [0.05, 0.1) is 12.0 Å². The predicted octanol–water partition coefficient (Wildman–Crippen LogP) is 1.82. The second kappa shape index (κ2) is 8.17. The standard InChI is InChI=1S/C15H23NO4S/c1-4-9-16(10-5-2)21(18,19)15-7-6-14(20-3)12-13(15)8-11-17/h4,6-7,12,17H,1,5,8-11H2,2-3H3. The van der Waals surface area contributed by atoms with Gasteiger partial charge < -0.3 is 9.84 Å². The fourth-order valence-corrected chi connectivity index (χ4v) is 3.83. The molecule has 0 unspecified atom stereocenters. The number of aliphatic hydroxyl groups is 1. The van der Waals surface area contributed by atoms with Crippen molar-refractivity contribution >= 4 is 10.0 Å². The highest BCUT2D eigenvalue weighted by Gasteiger charge is 2.25. The van der Waals surface area contributed by atoms with Crippen LogP contribution in [0.3, 0.4) is 0 Å². The summed E-state index contributed by atoms with van der Waals surface area (Å²) >= 11 is 0. The van der Waals surface area contributed by atoms with Gasteiger partial charge >= 0.3 is 0 Å². The molecule has 0 amide bonds. The molecular formula is C15H23NO4S. The number of hydrogen-bond donors (Lipinski definition) is 1. The van der Waals surface area contributed by atoms with Gasteiger partial charge in [-0.1, -0.05) is 13.0 Å². The summed E-state index contributed by atoms with van der Waals surface area (Å²) in [7, 11) is -2.09. The average molecular weight is 313 g/mol. The minimum atomic E-state index is -3.61. The maximum absolute atomic E-state index is 12.8. The van der Waals surface area contributed by atoms with Crippen LogP contribution in [-0.2, 0) is 16.4 Å². The fraction of sp³-hybridized carbons (Fsp3) is 0.467. The van der Waals surface area contributed by atoms with Crippen LogP contribution in [0.4, 0.5) is 0 Å². The lowest BCUT2D eigenvalue weighted by Crippen LogP contribution is -2.32. The molecule has 0 aliphatic carbocycles. The molecule has 0 heterocycles. The summed E-state index contributed by atoms with van der Waals surface area (Å²) in [4.78, 5) is 0.215. The summed E-state index contributed by atoms with van der Waals surface area (Å²) in [5.41, 5.74) is 0.557. The minimum absolute atomic E-state index is 0.120. The molecule has 118 valence electrons. The number of methoxy groups -OCH3 is 1. The van der Waals surface area contributed by atoms with Crippen molar-refractivity contribution < 1.29 is 18.3 Å². The first-order valence-electron chi connectivity index (χ1n) is 6.90. The van der Waals surface area contributed by atoms with Crippen molar-refractivity contribution in [2.75, 3.05) is 26.8 Å². The van der Waals surface area contributed by atoms with E-state index >= 15 is 0 Å². The predicted molar refractivity (Wildman–Crippen MR) is 83.0 cm³/mol. The molecule has 0 aliphatic heterocycles. The molecule has 0 aliphatic rings. The van der Waals surface area contributed by atoms with E-state index in [0.717, 1.165) is 6.42 Å². The molecule has 0 radical (unpaired) electrons. The van der Waals surface area contributed by atoms with Crippen molar-refractivity contribution in [2.24, 2.45) is 0 Å². The monoisotopic (exact) mass is 313 g/mol. The van der Waals surface area contributed by atoms with Crippen LogP contribution in [-0.4, -0.2) is 44.6 Å². The number of benzene rings is 1. The minimum Gasteiger partial charge on any atom is -0.497 e. The van der Waals surface area contributed by atoms with Crippen LogP contribution in [0.2, 0.25) is 0 Å². The number of rotatable bonds is 9. The molecule has 1 rings (SSSR count). The second-order valence-electron chi connectivity index (χ2n) is 4.60. The van der Waals surface area contributed by atoms with E-state index in [4.69, 9.17) is 9.84 Å². The molecule has 1 aromatic carbocycles. The number of hydrogen-bond acceptors (Lipinski definition) is 4. The molecule has 0 saturated heterocycles. The summed E-state index contributed by atoms with van der Waals surface area (Å²) < 4.78 is 32.0.